The molecule has 0 aliphatic rings. The Bertz CT molecular complexity index is 128. The first-order valence-electron chi connectivity index (χ1n) is 4.32. The van der Waals surface area contributed by atoms with Gasteiger partial charge in [-0.25, -0.2) is 0 Å². The van der Waals surface area contributed by atoms with Crippen LogP contribution in [0.2, 0.25) is 0 Å². The Morgan fingerprint density at radius 1 is 1.50 bits per heavy atom. The number of aliphatic hydroxyl groups excluding tert-OH is 1. The summed E-state index contributed by atoms with van der Waals surface area (Å²) < 4.78 is 0. The van der Waals surface area contributed by atoms with Gasteiger partial charge in [0, 0.05) is 6.54 Å². The number of primary amides is 1. The summed E-state index contributed by atoms with van der Waals surface area (Å²) in [5.41, 5.74) is 5.03. The molecule has 0 heterocycles. The molecule has 1 amide bonds. The number of aliphatic hydroxyl groups is 1. The molecule has 0 bridgehead atoms. The van der Waals surface area contributed by atoms with Crippen molar-refractivity contribution in [2.75, 3.05) is 26.2 Å². The maximum absolute atomic E-state index is 10.5. The van der Waals surface area contributed by atoms with E-state index in [2.05, 4.69) is 6.92 Å². The van der Waals surface area contributed by atoms with Gasteiger partial charge in [0.1, 0.15) is 0 Å². The third-order valence-electron chi connectivity index (χ3n) is 1.62. The Morgan fingerprint density at radius 3 is 2.58 bits per heavy atom. The van der Waals surface area contributed by atoms with E-state index < -0.39 is 0 Å². The largest absolute Gasteiger partial charge is 0.395 e. The van der Waals surface area contributed by atoms with Crippen LogP contribution in [0.15, 0.2) is 0 Å². The number of rotatable bonds is 7. The van der Waals surface area contributed by atoms with Crippen molar-refractivity contribution in [2.45, 2.75) is 19.8 Å². The molecule has 0 aliphatic heterocycles. The number of nitrogens with zero attached hydrogens (tertiary/aromatic N) is 1. The minimum absolute atomic E-state index is 0.0804. The highest BCUT2D eigenvalue weighted by Crippen LogP contribution is 1.93. The fourth-order valence-electron chi connectivity index (χ4n) is 1.01. The molecule has 4 nitrogen and oxygen atoms in total. The monoisotopic (exact) mass is 174 g/mol. The molecule has 0 aromatic rings. The fraction of sp³-hybridized carbons (Fsp3) is 0.875. The second kappa shape index (κ2) is 7.06. The van der Waals surface area contributed by atoms with Crippen molar-refractivity contribution in [3.8, 4) is 0 Å². The van der Waals surface area contributed by atoms with Crippen LogP contribution in [0.1, 0.15) is 19.8 Å². The number of hydrogen-bond donors (Lipinski definition) is 2. The molecule has 0 radical (unpaired) electrons. The number of nitrogens with two attached hydrogens (primary N) is 1. The molecule has 0 aromatic carbocycles. The van der Waals surface area contributed by atoms with E-state index in [0.29, 0.717) is 6.54 Å². The predicted octanol–water partition coefficient (Wildman–Crippen LogP) is -0.434. The van der Waals surface area contributed by atoms with Crippen LogP contribution in [0.4, 0.5) is 0 Å². The summed E-state index contributed by atoms with van der Waals surface area (Å²) in [4.78, 5) is 12.4. The van der Waals surface area contributed by atoms with E-state index in [9.17, 15) is 4.79 Å². The molecular formula is C8H18N2O2. The van der Waals surface area contributed by atoms with E-state index in [1.54, 1.807) is 0 Å². The second-order valence-electron chi connectivity index (χ2n) is 2.82. The normalized spacial score (nSPS) is 10.6. The van der Waals surface area contributed by atoms with Crippen molar-refractivity contribution in [1.82, 2.24) is 4.90 Å². The third-order valence-corrected chi connectivity index (χ3v) is 1.62. The lowest BCUT2D eigenvalue weighted by Gasteiger charge is -2.18. The zero-order chi connectivity index (χ0) is 9.40. The molecule has 0 fully saturated rings. The summed E-state index contributed by atoms with van der Waals surface area (Å²) in [5, 5.41) is 8.66. The van der Waals surface area contributed by atoms with Gasteiger partial charge in [-0.2, -0.15) is 0 Å². The van der Waals surface area contributed by atoms with Gasteiger partial charge in [-0.15, -0.1) is 0 Å². The van der Waals surface area contributed by atoms with Crippen molar-refractivity contribution >= 4 is 5.91 Å². The van der Waals surface area contributed by atoms with Gasteiger partial charge in [0.15, 0.2) is 0 Å². The molecule has 0 unspecified atom stereocenters. The number of carbonyl (C=O) groups excluding carboxylic acids is 1. The number of carbonyl (C=O) groups is 1. The van der Waals surface area contributed by atoms with Crippen molar-refractivity contribution in [3.63, 3.8) is 0 Å². The Morgan fingerprint density at radius 2 is 2.17 bits per heavy atom. The Hall–Kier alpha value is -0.610. The minimum atomic E-state index is -0.334. The van der Waals surface area contributed by atoms with E-state index in [1.165, 1.54) is 0 Å². The van der Waals surface area contributed by atoms with E-state index in [-0.39, 0.29) is 19.1 Å². The van der Waals surface area contributed by atoms with Gasteiger partial charge < -0.3 is 10.8 Å². The average Bonchev–Trinajstić information content (AvgIpc) is 2.00. The Kier molecular flexibility index (Phi) is 6.70. The van der Waals surface area contributed by atoms with Gasteiger partial charge in [0.25, 0.3) is 0 Å². The van der Waals surface area contributed by atoms with Crippen LogP contribution in [-0.4, -0.2) is 42.2 Å². The van der Waals surface area contributed by atoms with Gasteiger partial charge in [-0.3, -0.25) is 9.69 Å². The molecule has 0 spiro atoms. The molecule has 0 rings (SSSR count). The van der Waals surface area contributed by atoms with E-state index >= 15 is 0 Å². The maximum Gasteiger partial charge on any atom is 0.231 e. The summed E-state index contributed by atoms with van der Waals surface area (Å²) in [7, 11) is 0. The second-order valence-corrected chi connectivity index (χ2v) is 2.82. The van der Waals surface area contributed by atoms with E-state index in [0.717, 1.165) is 19.4 Å². The Balaban J connectivity index is 3.61. The zero-order valence-corrected chi connectivity index (χ0v) is 7.62. The summed E-state index contributed by atoms with van der Waals surface area (Å²) in [5.74, 6) is -0.334. The van der Waals surface area contributed by atoms with Crippen LogP contribution >= 0.6 is 0 Å². The third kappa shape index (κ3) is 6.12. The van der Waals surface area contributed by atoms with Crippen LogP contribution in [0.3, 0.4) is 0 Å². The summed E-state index contributed by atoms with van der Waals surface area (Å²) >= 11 is 0. The number of hydrogen-bond acceptors (Lipinski definition) is 3. The maximum atomic E-state index is 10.5. The van der Waals surface area contributed by atoms with Crippen LogP contribution in [-0.2, 0) is 4.79 Å². The lowest BCUT2D eigenvalue weighted by molar-refractivity contribution is -0.119. The molecule has 4 heteroatoms. The summed E-state index contributed by atoms with van der Waals surface area (Å²) in [6, 6.07) is 0. The Labute approximate surface area is 73.3 Å². The van der Waals surface area contributed by atoms with Crippen molar-refractivity contribution < 1.29 is 9.90 Å². The molecular weight excluding hydrogens is 156 g/mol. The molecule has 0 atom stereocenters. The highest BCUT2D eigenvalue weighted by Gasteiger charge is 2.05. The van der Waals surface area contributed by atoms with Gasteiger partial charge in [-0.05, 0) is 13.0 Å². The summed E-state index contributed by atoms with van der Waals surface area (Å²) in [6.45, 7) is 3.78. The first-order chi connectivity index (χ1) is 5.70. The SMILES string of the molecule is CCCCN(CCO)CC(N)=O. The zero-order valence-electron chi connectivity index (χ0n) is 7.62. The van der Waals surface area contributed by atoms with Crippen LogP contribution in [0, 0.1) is 0 Å². The van der Waals surface area contributed by atoms with Crippen molar-refractivity contribution in [1.29, 1.82) is 0 Å². The number of amides is 1. The van der Waals surface area contributed by atoms with Gasteiger partial charge in [-0.1, -0.05) is 13.3 Å². The predicted molar refractivity (Wildman–Crippen MR) is 47.6 cm³/mol. The van der Waals surface area contributed by atoms with Gasteiger partial charge in [0.2, 0.25) is 5.91 Å². The summed E-state index contributed by atoms with van der Waals surface area (Å²) in [6.07, 6.45) is 2.12. The fourth-order valence-corrected chi connectivity index (χ4v) is 1.01. The quantitative estimate of drug-likeness (QED) is 0.550. The van der Waals surface area contributed by atoms with Crippen molar-refractivity contribution in [3.05, 3.63) is 0 Å². The van der Waals surface area contributed by atoms with Crippen molar-refractivity contribution in [2.24, 2.45) is 5.73 Å². The molecule has 0 saturated carbocycles. The molecule has 0 aromatic heterocycles. The first-order valence-corrected chi connectivity index (χ1v) is 4.32. The first kappa shape index (κ1) is 11.4. The van der Waals surface area contributed by atoms with Crippen LogP contribution in [0.5, 0.6) is 0 Å². The molecule has 12 heavy (non-hydrogen) atoms. The number of unbranched alkanes of at least 4 members (excludes halogenated alkanes) is 1. The topological polar surface area (TPSA) is 66.6 Å². The van der Waals surface area contributed by atoms with Gasteiger partial charge in [0.05, 0.1) is 13.2 Å². The van der Waals surface area contributed by atoms with Gasteiger partial charge >= 0.3 is 0 Å². The smallest absolute Gasteiger partial charge is 0.231 e. The minimum Gasteiger partial charge on any atom is -0.395 e. The lowest BCUT2D eigenvalue weighted by atomic mass is 10.3. The molecule has 3 N–H and O–H groups in total. The highest BCUT2D eigenvalue weighted by atomic mass is 16.3. The molecule has 0 saturated heterocycles. The van der Waals surface area contributed by atoms with Crippen LogP contribution < -0.4 is 5.73 Å². The lowest BCUT2D eigenvalue weighted by Crippen LogP contribution is -2.36. The van der Waals surface area contributed by atoms with Crippen LogP contribution in [0.25, 0.3) is 0 Å². The average molecular weight is 174 g/mol. The molecule has 0 aliphatic carbocycles. The standard InChI is InChI=1S/C8H18N2O2/c1-2-3-4-10(5-6-11)7-8(9)12/h11H,2-7H2,1H3,(H2,9,12). The van der Waals surface area contributed by atoms with E-state index in [4.69, 9.17) is 10.8 Å². The molecule has 72 valence electrons. The highest BCUT2D eigenvalue weighted by molar-refractivity contribution is 5.75. The van der Waals surface area contributed by atoms with E-state index in [1.807, 2.05) is 4.90 Å².